The van der Waals surface area contributed by atoms with Gasteiger partial charge in [0.05, 0.1) is 23.9 Å². The lowest BCUT2D eigenvalue weighted by atomic mass is 10.1. The van der Waals surface area contributed by atoms with Crippen LogP contribution in [0.2, 0.25) is 5.15 Å². The van der Waals surface area contributed by atoms with Crippen LogP contribution in [0.25, 0.3) is 0 Å². The number of ether oxygens (including phenoxy) is 1. The van der Waals surface area contributed by atoms with E-state index in [4.69, 9.17) is 20.5 Å². The summed E-state index contributed by atoms with van der Waals surface area (Å²) in [5, 5.41) is 4.42. The minimum atomic E-state index is -2.68. The van der Waals surface area contributed by atoms with E-state index in [0.29, 0.717) is 5.75 Å². The van der Waals surface area contributed by atoms with Gasteiger partial charge >= 0.3 is 0 Å². The van der Waals surface area contributed by atoms with Gasteiger partial charge in [-0.15, -0.1) is 0 Å². The molecule has 6 nitrogen and oxygen atoms in total. The number of aryl methyl sites for hydroxylation is 1. The third kappa shape index (κ3) is 3.60. The summed E-state index contributed by atoms with van der Waals surface area (Å²) in [6.45, 7) is -0.897. The predicted octanol–water partition coefficient (Wildman–Crippen LogP) is 2.66. The molecule has 2 N–H and O–H groups in total. The van der Waals surface area contributed by atoms with Crippen molar-refractivity contribution in [2.75, 3.05) is 19.4 Å². The smallest absolute Gasteiger partial charge is 0.259 e. The molecule has 2 rings (SSSR count). The van der Waals surface area contributed by atoms with E-state index in [1.807, 2.05) is 5.32 Å². The van der Waals surface area contributed by atoms with Gasteiger partial charge in [-0.1, -0.05) is 23.7 Å². The number of amides is 2. The SMILES string of the molecule is [2H]C([2H])([2H])NC(=O)c1cnc(Cl)cc1NC(=O)c1cccc(C)c1OC. The zero-order chi connectivity index (χ0) is 19.5. The molecule has 23 heavy (non-hydrogen) atoms. The summed E-state index contributed by atoms with van der Waals surface area (Å²) in [7, 11) is 1.44. The number of carbonyl (C=O) groups excluding carboxylic acids is 2. The Kier molecular flexibility index (Phi) is 3.98. The summed E-state index contributed by atoms with van der Waals surface area (Å²) in [5.74, 6) is -1.07. The lowest BCUT2D eigenvalue weighted by Crippen LogP contribution is -2.22. The summed E-state index contributed by atoms with van der Waals surface area (Å²) in [6, 6.07) is 6.30. The quantitative estimate of drug-likeness (QED) is 0.841. The Hall–Kier alpha value is -2.60. The van der Waals surface area contributed by atoms with Crippen molar-refractivity contribution in [1.29, 1.82) is 0 Å². The van der Waals surface area contributed by atoms with Crippen LogP contribution in [0.5, 0.6) is 5.75 Å². The fourth-order valence-corrected chi connectivity index (χ4v) is 2.23. The molecule has 120 valence electrons. The van der Waals surface area contributed by atoms with Crippen LogP contribution in [0.15, 0.2) is 30.5 Å². The lowest BCUT2D eigenvalue weighted by Gasteiger charge is -2.13. The molecular formula is C16H16ClN3O3. The first-order valence-corrected chi connectivity index (χ1v) is 6.93. The normalized spacial score (nSPS) is 12.6. The van der Waals surface area contributed by atoms with Crippen LogP contribution in [0.1, 0.15) is 30.4 Å². The number of carbonyl (C=O) groups is 2. The first-order chi connectivity index (χ1) is 12.1. The van der Waals surface area contributed by atoms with E-state index in [1.165, 1.54) is 13.2 Å². The highest BCUT2D eigenvalue weighted by molar-refractivity contribution is 6.30. The Morgan fingerprint density at radius 1 is 1.30 bits per heavy atom. The molecule has 1 aromatic carbocycles. The van der Waals surface area contributed by atoms with Gasteiger partial charge in [-0.2, -0.15) is 0 Å². The van der Waals surface area contributed by atoms with Gasteiger partial charge in [-0.3, -0.25) is 9.59 Å². The number of nitrogens with zero attached hydrogens (tertiary/aromatic N) is 1. The molecule has 1 heterocycles. The van der Waals surface area contributed by atoms with Gasteiger partial charge in [-0.25, -0.2) is 4.98 Å². The van der Waals surface area contributed by atoms with E-state index in [-0.39, 0.29) is 22.0 Å². The molecule has 0 unspecified atom stereocenters. The summed E-state index contributed by atoms with van der Waals surface area (Å²) < 4.78 is 26.6. The molecule has 0 atom stereocenters. The number of anilines is 1. The van der Waals surface area contributed by atoms with Crippen LogP contribution in [0.4, 0.5) is 5.69 Å². The lowest BCUT2D eigenvalue weighted by molar-refractivity contribution is 0.0963. The molecule has 0 saturated carbocycles. The third-order valence-electron chi connectivity index (χ3n) is 3.14. The van der Waals surface area contributed by atoms with E-state index in [0.717, 1.165) is 11.8 Å². The summed E-state index contributed by atoms with van der Waals surface area (Å²) in [4.78, 5) is 28.5. The first-order valence-electron chi connectivity index (χ1n) is 8.05. The van der Waals surface area contributed by atoms with E-state index >= 15 is 0 Å². The molecule has 0 spiro atoms. The second-order valence-electron chi connectivity index (χ2n) is 4.62. The third-order valence-corrected chi connectivity index (χ3v) is 3.34. The highest BCUT2D eigenvalue weighted by Gasteiger charge is 2.18. The molecule has 0 bridgehead atoms. The van der Waals surface area contributed by atoms with Crippen molar-refractivity contribution in [2.45, 2.75) is 6.92 Å². The van der Waals surface area contributed by atoms with Gasteiger partial charge in [0.1, 0.15) is 10.9 Å². The number of nitrogens with one attached hydrogen (secondary N) is 2. The average molecular weight is 337 g/mol. The van der Waals surface area contributed by atoms with Gasteiger partial charge in [0.25, 0.3) is 11.8 Å². The van der Waals surface area contributed by atoms with Crippen LogP contribution >= 0.6 is 11.6 Å². The number of para-hydroxylation sites is 1. The van der Waals surface area contributed by atoms with E-state index < -0.39 is 18.8 Å². The molecule has 0 saturated heterocycles. The van der Waals surface area contributed by atoms with Crippen molar-refractivity contribution < 1.29 is 18.4 Å². The second kappa shape index (κ2) is 7.11. The van der Waals surface area contributed by atoms with Crippen molar-refractivity contribution >= 4 is 29.1 Å². The maximum absolute atomic E-state index is 12.6. The van der Waals surface area contributed by atoms with Gasteiger partial charge in [0.2, 0.25) is 0 Å². The van der Waals surface area contributed by atoms with Crippen molar-refractivity contribution in [3.05, 3.63) is 52.3 Å². The second-order valence-corrected chi connectivity index (χ2v) is 5.00. The summed E-state index contributed by atoms with van der Waals surface area (Å²) in [5.41, 5.74) is 0.904. The van der Waals surface area contributed by atoms with Gasteiger partial charge in [-0.05, 0) is 24.6 Å². The zero-order valence-corrected chi connectivity index (χ0v) is 13.2. The molecule has 0 aliphatic heterocycles. The maximum atomic E-state index is 12.6. The Bertz CT molecular complexity index is 856. The number of pyridine rings is 1. The minimum Gasteiger partial charge on any atom is -0.496 e. The van der Waals surface area contributed by atoms with Crippen molar-refractivity contribution in [3.63, 3.8) is 0 Å². The topological polar surface area (TPSA) is 80.3 Å². The predicted molar refractivity (Wildman–Crippen MR) is 88.3 cm³/mol. The molecular weight excluding hydrogens is 318 g/mol. The Labute approximate surface area is 143 Å². The van der Waals surface area contributed by atoms with Crippen molar-refractivity contribution in [2.24, 2.45) is 0 Å². The zero-order valence-electron chi connectivity index (χ0n) is 15.4. The Balaban J connectivity index is 2.38. The van der Waals surface area contributed by atoms with Crippen molar-refractivity contribution in [1.82, 2.24) is 10.3 Å². The van der Waals surface area contributed by atoms with E-state index in [1.54, 1.807) is 25.1 Å². The average Bonchev–Trinajstić information content (AvgIpc) is 2.52. The van der Waals surface area contributed by atoms with Gasteiger partial charge in [0.15, 0.2) is 0 Å². The van der Waals surface area contributed by atoms with E-state index in [9.17, 15) is 9.59 Å². The standard InChI is InChI=1S/C16H16ClN3O3/c1-9-5-4-6-10(14(9)23-3)16(22)20-12-7-13(17)19-8-11(12)15(21)18-2/h4-8H,1-3H3,(H,18,21)(H,19,20,22)/i2D3. The number of benzene rings is 1. The fraction of sp³-hybridized carbons (Fsp3) is 0.188. The molecule has 0 aliphatic carbocycles. The van der Waals surface area contributed by atoms with Crippen LogP contribution in [-0.2, 0) is 0 Å². The number of rotatable bonds is 4. The Morgan fingerprint density at radius 2 is 2.09 bits per heavy atom. The largest absolute Gasteiger partial charge is 0.496 e. The van der Waals surface area contributed by atoms with E-state index in [2.05, 4.69) is 10.3 Å². The van der Waals surface area contributed by atoms with Gasteiger partial charge in [0, 0.05) is 17.3 Å². The highest BCUT2D eigenvalue weighted by Crippen LogP contribution is 2.25. The number of hydrogen-bond donors (Lipinski definition) is 2. The molecule has 2 amide bonds. The van der Waals surface area contributed by atoms with Crippen LogP contribution < -0.4 is 15.4 Å². The monoisotopic (exact) mass is 336 g/mol. The highest BCUT2D eigenvalue weighted by atomic mass is 35.5. The Morgan fingerprint density at radius 3 is 2.78 bits per heavy atom. The van der Waals surface area contributed by atoms with Crippen LogP contribution in [0.3, 0.4) is 0 Å². The first kappa shape index (κ1) is 12.9. The molecule has 0 aliphatic rings. The van der Waals surface area contributed by atoms with Crippen LogP contribution in [-0.4, -0.2) is 30.9 Å². The van der Waals surface area contributed by atoms with Gasteiger partial charge < -0.3 is 15.4 Å². The molecule has 7 heteroatoms. The number of hydrogen-bond acceptors (Lipinski definition) is 4. The summed E-state index contributed by atoms with van der Waals surface area (Å²) >= 11 is 5.84. The summed E-state index contributed by atoms with van der Waals surface area (Å²) in [6.07, 6.45) is 1.09. The van der Waals surface area contributed by atoms with Crippen LogP contribution in [0, 0.1) is 6.92 Å². The molecule has 1 aromatic heterocycles. The molecule has 0 radical (unpaired) electrons. The van der Waals surface area contributed by atoms with Crippen molar-refractivity contribution in [3.8, 4) is 5.75 Å². The number of halogens is 1. The molecule has 0 fully saturated rings. The minimum absolute atomic E-state index is 0.0281. The fourth-order valence-electron chi connectivity index (χ4n) is 2.07. The number of aromatic nitrogens is 1. The number of methoxy groups -OCH3 is 1. The molecule has 2 aromatic rings. The maximum Gasteiger partial charge on any atom is 0.259 e.